The molecule has 11 heteroatoms. The number of rotatable bonds is 4. The molecule has 3 rings (SSSR count). The summed E-state index contributed by atoms with van der Waals surface area (Å²) in [5.41, 5.74) is -1.11. The Morgan fingerprint density at radius 3 is 2.48 bits per heavy atom. The molecule has 1 aromatic heterocycles. The molecular formula is C18H17ClF3N5O2. The maximum absolute atomic E-state index is 13.1. The van der Waals surface area contributed by atoms with Gasteiger partial charge in [0.2, 0.25) is 5.91 Å². The number of amides is 2. The fourth-order valence-electron chi connectivity index (χ4n) is 2.93. The van der Waals surface area contributed by atoms with Crippen molar-refractivity contribution < 1.29 is 22.8 Å². The summed E-state index contributed by atoms with van der Waals surface area (Å²) in [6.07, 6.45) is -0.357. The van der Waals surface area contributed by atoms with E-state index in [-0.39, 0.29) is 28.9 Å². The van der Waals surface area contributed by atoms with Gasteiger partial charge in [-0.15, -0.1) is 0 Å². The van der Waals surface area contributed by atoms with Gasteiger partial charge in [0, 0.05) is 43.6 Å². The standard InChI is InChI=1S/C18H17ClF3N5O2/c19-12-1-2-14(13(9-12)18(20,21)22)25-16(28)11-26-5-7-27(8-6-26)17(29)15-10-23-3-4-24-15/h1-4,9-10H,5-8,11H2,(H,25,28). The fourth-order valence-corrected chi connectivity index (χ4v) is 3.11. The highest BCUT2D eigenvalue weighted by Crippen LogP contribution is 2.36. The van der Waals surface area contributed by atoms with Crippen molar-refractivity contribution in [2.75, 3.05) is 38.0 Å². The zero-order chi connectivity index (χ0) is 21.0. The summed E-state index contributed by atoms with van der Waals surface area (Å²) in [5.74, 6) is -0.829. The minimum Gasteiger partial charge on any atom is -0.335 e. The van der Waals surface area contributed by atoms with Gasteiger partial charge >= 0.3 is 6.18 Å². The number of aromatic nitrogens is 2. The Balaban J connectivity index is 1.55. The van der Waals surface area contributed by atoms with E-state index in [9.17, 15) is 22.8 Å². The first kappa shape index (κ1) is 21.0. The SMILES string of the molecule is O=C(CN1CCN(C(=O)c2cnccn2)CC1)Nc1ccc(Cl)cc1C(F)(F)F. The fraction of sp³-hybridized carbons (Fsp3) is 0.333. The Bertz CT molecular complexity index is 887. The van der Waals surface area contributed by atoms with Crippen LogP contribution in [0.15, 0.2) is 36.8 Å². The van der Waals surface area contributed by atoms with Gasteiger partial charge in [0.25, 0.3) is 5.91 Å². The molecule has 0 radical (unpaired) electrons. The van der Waals surface area contributed by atoms with E-state index in [0.717, 1.165) is 12.1 Å². The van der Waals surface area contributed by atoms with Gasteiger partial charge in [-0.1, -0.05) is 11.6 Å². The number of carbonyl (C=O) groups is 2. The topological polar surface area (TPSA) is 78.4 Å². The molecule has 0 atom stereocenters. The van der Waals surface area contributed by atoms with E-state index < -0.39 is 17.6 Å². The number of nitrogens with one attached hydrogen (secondary N) is 1. The monoisotopic (exact) mass is 427 g/mol. The predicted octanol–water partition coefficient (Wildman–Crippen LogP) is 2.55. The van der Waals surface area contributed by atoms with Gasteiger partial charge in [-0.25, -0.2) is 4.98 Å². The molecule has 1 saturated heterocycles. The second-order valence-electron chi connectivity index (χ2n) is 6.39. The van der Waals surface area contributed by atoms with Crippen LogP contribution in [0, 0.1) is 0 Å². The van der Waals surface area contributed by atoms with Crippen LogP contribution in [0.3, 0.4) is 0 Å². The molecule has 2 heterocycles. The summed E-state index contributed by atoms with van der Waals surface area (Å²) in [4.78, 5) is 35.8. The quantitative estimate of drug-likeness (QED) is 0.811. The van der Waals surface area contributed by atoms with E-state index in [4.69, 9.17) is 11.6 Å². The van der Waals surface area contributed by atoms with Crippen molar-refractivity contribution in [2.24, 2.45) is 0 Å². The summed E-state index contributed by atoms with van der Waals surface area (Å²) in [7, 11) is 0. The van der Waals surface area contributed by atoms with E-state index in [1.165, 1.54) is 24.7 Å². The van der Waals surface area contributed by atoms with Crippen LogP contribution in [-0.4, -0.2) is 64.3 Å². The molecule has 1 aliphatic rings. The van der Waals surface area contributed by atoms with Crippen molar-refractivity contribution >= 4 is 29.1 Å². The number of anilines is 1. The Labute approximate surface area is 169 Å². The zero-order valence-electron chi connectivity index (χ0n) is 15.1. The van der Waals surface area contributed by atoms with Gasteiger partial charge in [0.05, 0.1) is 24.0 Å². The molecule has 0 unspecified atom stereocenters. The highest BCUT2D eigenvalue weighted by atomic mass is 35.5. The molecular weight excluding hydrogens is 411 g/mol. The molecule has 2 aromatic rings. The average molecular weight is 428 g/mol. The second-order valence-corrected chi connectivity index (χ2v) is 6.83. The van der Waals surface area contributed by atoms with Crippen molar-refractivity contribution in [3.8, 4) is 0 Å². The van der Waals surface area contributed by atoms with Crippen LogP contribution in [0.1, 0.15) is 16.1 Å². The molecule has 1 N–H and O–H groups in total. The lowest BCUT2D eigenvalue weighted by molar-refractivity contribution is -0.137. The van der Waals surface area contributed by atoms with Crippen LogP contribution in [0.5, 0.6) is 0 Å². The summed E-state index contributed by atoms with van der Waals surface area (Å²) in [6, 6.07) is 3.18. The molecule has 2 amide bonds. The van der Waals surface area contributed by atoms with Crippen LogP contribution in [-0.2, 0) is 11.0 Å². The van der Waals surface area contributed by atoms with Crippen LogP contribution in [0.2, 0.25) is 5.02 Å². The first-order chi connectivity index (χ1) is 13.7. The lowest BCUT2D eigenvalue weighted by Crippen LogP contribution is -2.50. The van der Waals surface area contributed by atoms with Gasteiger partial charge in [0.15, 0.2) is 0 Å². The van der Waals surface area contributed by atoms with Gasteiger partial charge in [-0.3, -0.25) is 19.5 Å². The van der Waals surface area contributed by atoms with Crippen molar-refractivity contribution in [3.63, 3.8) is 0 Å². The highest BCUT2D eigenvalue weighted by Gasteiger charge is 2.34. The van der Waals surface area contributed by atoms with Crippen molar-refractivity contribution in [1.29, 1.82) is 0 Å². The lowest BCUT2D eigenvalue weighted by atomic mass is 10.1. The Kier molecular flexibility index (Phi) is 6.33. The van der Waals surface area contributed by atoms with Crippen LogP contribution in [0.25, 0.3) is 0 Å². The van der Waals surface area contributed by atoms with Gasteiger partial charge < -0.3 is 10.2 Å². The summed E-state index contributed by atoms with van der Waals surface area (Å²) < 4.78 is 39.4. The Morgan fingerprint density at radius 2 is 1.86 bits per heavy atom. The number of carbonyl (C=O) groups excluding carboxylic acids is 2. The lowest BCUT2D eigenvalue weighted by Gasteiger charge is -2.34. The number of benzene rings is 1. The van der Waals surface area contributed by atoms with E-state index in [0.29, 0.717) is 26.2 Å². The third-order valence-electron chi connectivity index (χ3n) is 4.37. The van der Waals surface area contributed by atoms with E-state index in [2.05, 4.69) is 15.3 Å². The molecule has 0 saturated carbocycles. The third kappa shape index (κ3) is 5.42. The van der Waals surface area contributed by atoms with Gasteiger partial charge in [0.1, 0.15) is 5.69 Å². The van der Waals surface area contributed by atoms with Crippen LogP contribution in [0.4, 0.5) is 18.9 Å². The Hall–Kier alpha value is -2.72. The predicted molar refractivity (Wildman–Crippen MR) is 99.5 cm³/mol. The summed E-state index contributed by atoms with van der Waals surface area (Å²) in [5, 5.41) is 2.22. The first-order valence-corrected chi connectivity index (χ1v) is 9.06. The van der Waals surface area contributed by atoms with E-state index >= 15 is 0 Å². The van der Waals surface area contributed by atoms with Crippen molar-refractivity contribution in [1.82, 2.24) is 19.8 Å². The van der Waals surface area contributed by atoms with Gasteiger partial charge in [-0.2, -0.15) is 13.2 Å². The molecule has 0 bridgehead atoms. The molecule has 0 aliphatic carbocycles. The van der Waals surface area contributed by atoms with Crippen LogP contribution >= 0.6 is 11.6 Å². The number of hydrogen-bond acceptors (Lipinski definition) is 5. The normalized spacial score (nSPS) is 15.2. The Morgan fingerprint density at radius 1 is 1.14 bits per heavy atom. The molecule has 7 nitrogen and oxygen atoms in total. The van der Waals surface area contributed by atoms with E-state index in [1.807, 2.05) is 0 Å². The van der Waals surface area contributed by atoms with Gasteiger partial charge in [-0.05, 0) is 18.2 Å². The molecule has 29 heavy (non-hydrogen) atoms. The number of piperazine rings is 1. The minimum atomic E-state index is -4.64. The number of alkyl halides is 3. The summed E-state index contributed by atoms with van der Waals surface area (Å²) >= 11 is 5.64. The second kappa shape index (κ2) is 8.75. The highest BCUT2D eigenvalue weighted by molar-refractivity contribution is 6.30. The minimum absolute atomic E-state index is 0.0702. The van der Waals surface area contributed by atoms with Crippen molar-refractivity contribution in [2.45, 2.75) is 6.18 Å². The molecule has 154 valence electrons. The smallest absolute Gasteiger partial charge is 0.335 e. The number of hydrogen-bond donors (Lipinski definition) is 1. The summed E-state index contributed by atoms with van der Waals surface area (Å²) in [6.45, 7) is 1.47. The third-order valence-corrected chi connectivity index (χ3v) is 4.61. The molecule has 1 aliphatic heterocycles. The largest absolute Gasteiger partial charge is 0.418 e. The number of halogens is 4. The van der Waals surface area contributed by atoms with Crippen molar-refractivity contribution in [3.05, 3.63) is 53.1 Å². The number of nitrogens with zero attached hydrogens (tertiary/aromatic N) is 4. The molecule has 1 aromatic carbocycles. The molecule has 0 spiro atoms. The van der Waals surface area contributed by atoms with E-state index in [1.54, 1.807) is 9.80 Å². The molecule has 1 fully saturated rings. The maximum Gasteiger partial charge on any atom is 0.418 e. The first-order valence-electron chi connectivity index (χ1n) is 8.68. The van der Waals surface area contributed by atoms with Crippen LogP contribution < -0.4 is 5.32 Å². The zero-order valence-corrected chi connectivity index (χ0v) is 15.9. The average Bonchev–Trinajstić information content (AvgIpc) is 2.69. The maximum atomic E-state index is 13.1.